The first-order valence-corrected chi connectivity index (χ1v) is 16.2. The van der Waals surface area contributed by atoms with Crippen LogP contribution in [0.3, 0.4) is 0 Å². The van der Waals surface area contributed by atoms with Crippen LogP contribution in [0, 0.1) is 36.3 Å². The Morgan fingerprint density at radius 1 is 1.08 bits per heavy atom. The summed E-state index contributed by atoms with van der Waals surface area (Å²) in [6, 6.07) is 11.2. The van der Waals surface area contributed by atoms with Crippen LogP contribution in [0.2, 0.25) is 0 Å². The van der Waals surface area contributed by atoms with Crippen LogP contribution >= 0.6 is 0 Å². The zero-order valence-electron chi connectivity index (χ0n) is 27.8. The van der Waals surface area contributed by atoms with Gasteiger partial charge in [0.2, 0.25) is 0 Å². The Balaban J connectivity index is 1.35. The van der Waals surface area contributed by atoms with E-state index in [1.165, 1.54) is 13.8 Å². The number of aryl methyl sites for hydroxylation is 1. The molecule has 0 radical (unpaired) electrons. The SMILES string of the molecule is Cc1[nH]nc2cccc(-c3ccc(C#CC(C)(C)O)nc3[C@@H](CC(=O)Cn3nc(C(F)(F)F)c4c3C(F)(F)[C@@H]3C[C@]43F)Cc3cc(F)cc(F)c3)c12. The van der Waals surface area contributed by atoms with Crippen molar-refractivity contribution in [1.29, 1.82) is 0 Å². The molecule has 2 aliphatic rings. The Kier molecular flexibility index (Phi) is 8.13. The second-order valence-corrected chi connectivity index (χ2v) is 13.9. The molecule has 1 fully saturated rings. The first-order chi connectivity index (χ1) is 24.3. The fourth-order valence-corrected chi connectivity index (χ4v) is 7.14. The summed E-state index contributed by atoms with van der Waals surface area (Å²) in [5, 5.41) is 21.4. The number of rotatable bonds is 8. The lowest BCUT2D eigenvalue weighted by atomic mass is 9.85. The van der Waals surface area contributed by atoms with Gasteiger partial charge in [-0.3, -0.25) is 14.6 Å². The van der Waals surface area contributed by atoms with E-state index in [4.69, 9.17) is 4.98 Å². The molecule has 3 heterocycles. The second-order valence-electron chi connectivity index (χ2n) is 13.9. The first-order valence-electron chi connectivity index (χ1n) is 16.2. The van der Waals surface area contributed by atoms with E-state index in [9.17, 15) is 31.9 Å². The molecule has 7 rings (SSSR count). The maximum Gasteiger partial charge on any atom is 0.435 e. The van der Waals surface area contributed by atoms with E-state index >= 15 is 13.2 Å². The normalized spacial score (nSPS) is 19.6. The average Bonchev–Trinajstić information content (AvgIpc) is 3.29. The number of hydrogen-bond donors (Lipinski definition) is 2. The molecule has 3 atom stereocenters. The van der Waals surface area contributed by atoms with Gasteiger partial charge in [0.15, 0.2) is 11.5 Å². The van der Waals surface area contributed by atoms with Crippen molar-refractivity contribution in [2.45, 2.75) is 75.9 Å². The minimum Gasteiger partial charge on any atom is -0.378 e. The van der Waals surface area contributed by atoms with Crippen molar-refractivity contribution in [3.05, 3.63) is 99.8 Å². The number of H-pyrrole nitrogens is 1. The molecule has 0 saturated heterocycles. The van der Waals surface area contributed by atoms with E-state index in [1.54, 1.807) is 37.3 Å². The lowest BCUT2D eigenvalue weighted by Gasteiger charge is -2.21. The lowest BCUT2D eigenvalue weighted by molar-refractivity contribution is -0.143. The van der Waals surface area contributed by atoms with E-state index in [2.05, 4.69) is 27.1 Å². The van der Waals surface area contributed by atoms with Gasteiger partial charge in [0.05, 0.1) is 17.1 Å². The Hall–Kier alpha value is -5.10. The highest BCUT2D eigenvalue weighted by atomic mass is 19.4. The summed E-state index contributed by atoms with van der Waals surface area (Å²) < 4.78 is 117. The Morgan fingerprint density at radius 2 is 1.79 bits per heavy atom. The summed E-state index contributed by atoms with van der Waals surface area (Å²) in [6.45, 7) is 3.61. The fourth-order valence-electron chi connectivity index (χ4n) is 7.14. The molecule has 270 valence electrons. The summed E-state index contributed by atoms with van der Waals surface area (Å²) in [5.74, 6) is -4.37. The molecule has 7 nitrogen and oxygen atoms in total. The third-order valence-corrected chi connectivity index (χ3v) is 9.35. The van der Waals surface area contributed by atoms with Crippen molar-refractivity contribution in [2.75, 3.05) is 0 Å². The minimum atomic E-state index is -5.27. The van der Waals surface area contributed by atoms with Gasteiger partial charge < -0.3 is 5.11 Å². The largest absolute Gasteiger partial charge is 0.435 e. The van der Waals surface area contributed by atoms with Crippen LogP contribution in [0.5, 0.6) is 0 Å². The van der Waals surface area contributed by atoms with Gasteiger partial charge in [-0.25, -0.2) is 18.2 Å². The molecule has 2 aliphatic carbocycles. The molecule has 52 heavy (non-hydrogen) atoms. The number of nitrogens with zero attached hydrogens (tertiary/aromatic N) is 4. The van der Waals surface area contributed by atoms with Crippen molar-refractivity contribution in [3.63, 3.8) is 0 Å². The number of carbonyl (C=O) groups is 1. The molecule has 1 saturated carbocycles. The number of nitrogens with one attached hydrogen (secondary N) is 1. The molecule has 2 aromatic carbocycles. The smallest absolute Gasteiger partial charge is 0.378 e. The van der Waals surface area contributed by atoms with Gasteiger partial charge in [-0.05, 0) is 81.0 Å². The molecule has 0 spiro atoms. The number of aromatic amines is 1. The third-order valence-electron chi connectivity index (χ3n) is 9.35. The molecule has 0 aliphatic heterocycles. The number of fused-ring (bicyclic) bond motifs is 4. The topological polar surface area (TPSA) is 96.7 Å². The van der Waals surface area contributed by atoms with Gasteiger partial charge in [-0.15, -0.1) is 0 Å². The highest BCUT2D eigenvalue weighted by molar-refractivity contribution is 5.97. The van der Waals surface area contributed by atoms with Crippen molar-refractivity contribution in [1.82, 2.24) is 25.0 Å². The summed E-state index contributed by atoms with van der Waals surface area (Å²) >= 11 is 0. The van der Waals surface area contributed by atoms with Gasteiger partial charge in [0, 0.05) is 40.6 Å². The van der Waals surface area contributed by atoms with Crippen LogP contribution in [-0.4, -0.2) is 41.5 Å². The van der Waals surface area contributed by atoms with E-state index in [0.29, 0.717) is 33.8 Å². The van der Waals surface area contributed by atoms with Gasteiger partial charge in [0.1, 0.15) is 40.8 Å². The number of aromatic nitrogens is 5. The number of hydrogen-bond acceptors (Lipinski definition) is 5. The van der Waals surface area contributed by atoms with E-state index < -0.39 is 89.0 Å². The monoisotopic (exact) mass is 727 g/mol. The van der Waals surface area contributed by atoms with E-state index in [1.807, 2.05) is 0 Å². The first kappa shape index (κ1) is 35.3. The minimum absolute atomic E-state index is 0.0964. The van der Waals surface area contributed by atoms with Gasteiger partial charge in [-0.1, -0.05) is 18.1 Å². The highest BCUT2D eigenvalue weighted by Gasteiger charge is 2.78. The molecule has 2 N–H and O–H groups in total. The average molecular weight is 728 g/mol. The molecule has 5 aromatic rings. The fraction of sp³-hybridized carbons (Fsp3) is 0.351. The zero-order valence-corrected chi connectivity index (χ0v) is 27.8. The van der Waals surface area contributed by atoms with Gasteiger partial charge in [-0.2, -0.15) is 32.1 Å². The van der Waals surface area contributed by atoms with Crippen LogP contribution in [-0.2, 0) is 35.5 Å². The van der Waals surface area contributed by atoms with E-state index in [0.717, 1.165) is 12.1 Å². The van der Waals surface area contributed by atoms with Crippen LogP contribution in [0.25, 0.3) is 22.0 Å². The van der Waals surface area contributed by atoms with Crippen molar-refractivity contribution in [3.8, 4) is 23.0 Å². The summed E-state index contributed by atoms with van der Waals surface area (Å²) in [6.07, 6.45) is -6.89. The molecule has 0 amide bonds. The summed E-state index contributed by atoms with van der Waals surface area (Å²) in [5.41, 5.74) is -5.94. The highest BCUT2D eigenvalue weighted by Crippen LogP contribution is 2.73. The number of benzene rings is 2. The Labute approximate surface area is 291 Å². The van der Waals surface area contributed by atoms with Crippen molar-refractivity contribution >= 4 is 16.7 Å². The standard InChI is InChI=1S/C37H29F8N5O2/c1-18-29-25(5-4-6-27(29)48-47-18)26-8-7-23(9-10-34(2,3)52)46-31(26)20(11-19-12-21(38)15-22(39)13-19)14-24(51)17-50-33-30(32(49-50)37(43,44)45)35(40)16-28(35)36(33,41)42/h4-8,12-13,15,20,28,52H,11,14,16-17H2,1-3H3,(H,47,48)/t20-,28-,35-/m1/s1. The number of pyridine rings is 1. The molecule has 0 unspecified atom stereocenters. The Bertz CT molecular complexity index is 2310. The van der Waals surface area contributed by atoms with Crippen LogP contribution in [0.1, 0.15) is 72.2 Å². The summed E-state index contributed by atoms with van der Waals surface area (Å²) in [7, 11) is 0. The predicted octanol–water partition coefficient (Wildman–Crippen LogP) is 7.83. The molecular formula is C37H29F8N5O2. The number of Topliss-reactive ketones (excluding diaryl/α,β-unsaturated/α-hetero) is 1. The van der Waals surface area contributed by atoms with Crippen molar-refractivity contribution < 1.29 is 45.0 Å². The summed E-state index contributed by atoms with van der Waals surface area (Å²) in [4.78, 5) is 18.6. The molecule has 3 aromatic heterocycles. The number of carbonyl (C=O) groups excluding carboxylic acids is 1. The maximum absolute atomic E-state index is 15.3. The third kappa shape index (κ3) is 6.23. The molecule has 15 heteroatoms. The quantitative estimate of drug-likeness (QED) is 0.126. The number of ketones is 1. The van der Waals surface area contributed by atoms with Gasteiger partial charge >= 0.3 is 6.18 Å². The van der Waals surface area contributed by atoms with E-state index in [-0.39, 0.29) is 28.1 Å². The lowest BCUT2D eigenvalue weighted by Crippen LogP contribution is -2.24. The predicted molar refractivity (Wildman–Crippen MR) is 172 cm³/mol. The van der Waals surface area contributed by atoms with Crippen LogP contribution in [0.4, 0.5) is 35.1 Å². The zero-order chi connectivity index (χ0) is 37.5. The number of halogens is 8. The van der Waals surface area contributed by atoms with Crippen LogP contribution in [0.15, 0.2) is 48.5 Å². The molecular weight excluding hydrogens is 698 g/mol. The maximum atomic E-state index is 15.3. The van der Waals surface area contributed by atoms with Gasteiger partial charge in [0.25, 0.3) is 5.92 Å². The number of aliphatic hydroxyl groups is 1. The van der Waals surface area contributed by atoms with Crippen LogP contribution < -0.4 is 0 Å². The second kappa shape index (κ2) is 12.0. The Morgan fingerprint density at radius 3 is 2.46 bits per heavy atom. The number of alkyl halides is 6. The van der Waals surface area contributed by atoms with Crippen molar-refractivity contribution in [2.24, 2.45) is 5.92 Å². The molecule has 0 bridgehead atoms.